The Morgan fingerprint density at radius 1 is 1.22 bits per heavy atom. The summed E-state index contributed by atoms with van der Waals surface area (Å²) in [5.74, 6) is -0.0754. The summed E-state index contributed by atoms with van der Waals surface area (Å²) in [6, 6.07) is 7.36. The highest BCUT2D eigenvalue weighted by atomic mass is 16.1. The molecule has 0 saturated carbocycles. The summed E-state index contributed by atoms with van der Waals surface area (Å²) in [7, 11) is 0. The number of fused-ring (bicyclic) bond motifs is 1. The van der Waals surface area contributed by atoms with E-state index in [1.807, 2.05) is 18.3 Å². The highest BCUT2D eigenvalue weighted by Crippen LogP contribution is 2.14. The van der Waals surface area contributed by atoms with Crippen LogP contribution in [0.15, 0.2) is 42.9 Å². The molecule has 0 aliphatic rings. The minimum atomic E-state index is -0.264. The molecule has 2 aromatic heterocycles. The van der Waals surface area contributed by atoms with E-state index < -0.39 is 0 Å². The monoisotopic (exact) mass is 239 g/mol. The van der Waals surface area contributed by atoms with Crippen LogP contribution in [0.5, 0.6) is 0 Å². The van der Waals surface area contributed by atoms with Crippen LogP contribution in [0.3, 0.4) is 0 Å². The number of carbonyl (C=O) groups excluding carboxylic acids is 1. The molecule has 6 nitrogen and oxygen atoms in total. The SMILES string of the molecule is O=C(Nc1nccnn1)c1ccc2cc[nH]c2c1. The van der Waals surface area contributed by atoms with E-state index in [9.17, 15) is 4.79 Å². The number of hydrogen-bond acceptors (Lipinski definition) is 4. The van der Waals surface area contributed by atoms with E-state index in [0.717, 1.165) is 10.9 Å². The van der Waals surface area contributed by atoms with Crippen LogP contribution in [-0.4, -0.2) is 26.1 Å². The van der Waals surface area contributed by atoms with Crippen LogP contribution in [0.2, 0.25) is 0 Å². The Bertz CT molecular complexity index is 692. The fraction of sp³-hybridized carbons (Fsp3) is 0. The van der Waals surface area contributed by atoms with Crippen LogP contribution in [-0.2, 0) is 0 Å². The molecule has 0 saturated heterocycles. The number of aromatic amines is 1. The third-order valence-electron chi connectivity index (χ3n) is 2.53. The maximum absolute atomic E-state index is 11.9. The highest BCUT2D eigenvalue weighted by molar-refractivity contribution is 6.05. The Morgan fingerprint density at radius 2 is 2.17 bits per heavy atom. The first-order chi connectivity index (χ1) is 8.83. The van der Waals surface area contributed by atoms with Gasteiger partial charge in [0.25, 0.3) is 5.91 Å². The Balaban J connectivity index is 1.87. The van der Waals surface area contributed by atoms with Crippen molar-refractivity contribution < 1.29 is 4.79 Å². The van der Waals surface area contributed by atoms with Crippen LogP contribution < -0.4 is 5.32 Å². The number of amides is 1. The number of H-pyrrole nitrogens is 1. The lowest BCUT2D eigenvalue weighted by atomic mass is 10.1. The Hall–Kier alpha value is -2.76. The molecule has 0 unspecified atom stereocenters. The molecule has 6 heteroatoms. The molecule has 0 spiro atoms. The maximum Gasteiger partial charge on any atom is 0.258 e. The Morgan fingerprint density at radius 3 is 3.00 bits per heavy atom. The standard InChI is InChI=1S/C12H9N5O/c18-11(16-12-14-5-6-15-17-12)9-2-1-8-3-4-13-10(8)7-9/h1-7,13H,(H,14,16,17,18). The lowest BCUT2D eigenvalue weighted by molar-refractivity contribution is 0.102. The quantitative estimate of drug-likeness (QED) is 0.711. The van der Waals surface area contributed by atoms with Crippen LogP contribution in [0.25, 0.3) is 10.9 Å². The second-order valence-electron chi connectivity index (χ2n) is 3.70. The molecule has 0 radical (unpaired) electrons. The second-order valence-corrected chi connectivity index (χ2v) is 3.70. The van der Waals surface area contributed by atoms with E-state index in [2.05, 4.69) is 25.5 Å². The fourth-order valence-electron chi connectivity index (χ4n) is 1.67. The molecular formula is C12H9N5O. The Kier molecular flexibility index (Phi) is 2.45. The summed E-state index contributed by atoms with van der Waals surface area (Å²) in [5, 5.41) is 11.0. The Labute approximate surface area is 102 Å². The van der Waals surface area contributed by atoms with Gasteiger partial charge in [0.15, 0.2) is 0 Å². The molecule has 0 bridgehead atoms. The molecule has 3 rings (SSSR count). The van der Waals surface area contributed by atoms with Gasteiger partial charge in [0.1, 0.15) is 0 Å². The van der Waals surface area contributed by atoms with E-state index in [1.54, 1.807) is 12.1 Å². The number of rotatable bonds is 2. The minimum Gasteiger partial charge on any atom is -0.361 e. The van der Waals surface area contributed by atoms with Gasteiger partial charge in [-0.15, -0.1) is 5.10 Å². The lowest BCUT2D eigenvalue weighted by Crippen LogP contribution is -2.14. The van der Waals surface area contributed by atoms with Crippen molar-refractivity contribution in [3.8, 4) is 0 Å². The van der Waals surface area contributed by atoms with Gasteiger partial charge in [0.05, 0.1) is 12.4 Å². The normalized spacial score (nSPS) is 10.4. The van der Waals surface area contributed by atoms with Gasteiger partial charge in [-0.3, -0.25) is 10.1 Å². The summed E-state index contributed by atoms with van der Waals surface area (Å²) in [6.07, 6.45) is 4.74. The molecule has 0 atom stereocenters. The van der Waals surface area contributed by atoms with Gasteiger partial charge in [-0.1, -0.05) is 6.07 Å². The van der Waals surface area contributed by atoms with Crippen LogP contribution >= 0.6 is 0 Å². The highest BCUT2D eigenvalue weighted by Gasteiger charge is 2.08. The average Bonchev–Trinajstić information content (AvgIpc) is 2.87. The van der Waals surface area contributed by atoms with Gasteiger partial charge in [0.2, 0.25) is 5.95 Å². The summed E-state index contributed by atoms with van der Waals surface area (Å²) >= 11 is 0. The van der Waals surface area contributed by atoms with E-state index in [0.29, 0.717) is 5.56 Å². The third-order valence-corrected chi connectivity index (χ3v) is 2.53. The van der Waals surface area contributed by atoms with Gasteiger partial charge < -0.3 is 4.98 Å². The predicted octanol–water partition coefficient (Wildman–Crippen LogP) is 1.61. The van der Waals surface area contributed by atoms with Crippen LogP contribution in [0.1, 0.15) is 10.4 Å². The molecule has 18 heavy (non-hydrogen) atoms. The summed E-state index contributed by atoms with van der Waals surface area (Å²) in [5.41, 5.74) is 1.45. The van der Waals surface area contributed by atoms with Crippen molar-refractivity contribution in [1.29, 1.82) is 0 Å². The smallest absolute Gasteiger partial charge is 0.258 e. The van der Waals surface area contributed by atoms with Gasteiger partial charge in [-0.25, -0.2) is 4.98 Å². The molecule has 2 heterocycles. The molecule has 0 aliphatic carbocycles. The van der Waals surface area contributed by atoms with Crippen molar-refractivity contribution in [2.24, 2.45) is 0 Å². The fourth-order valence-corrected chi connectivity index (χ4v) is 1.67. The first kappa shape index (κ1) is 10.4. The van der Waals surface area contributed by atoms with Gasteiger partial charge >= 0.3 is 0 Å². The van der Waals surface area contributed by atoms with E-state index in [-0.39, 0.29) is 11.9 Å². The second kappa shape index (κ2) is 4.25. The molecule has 0 aliphatic heterocycles. The number of nitrogens with zero attached hydrogens (tertiary/aromatic N) is 3. The molecular weight excluding hydrogens is 230 g/mol. The van der Waals surface area contributed by atoms with E-state index in [4.69, 9.17) is 0 Å². The number of aromatic nitrogens is 4. The number of hydrogen-bond donors (Lipinski definition) is 2. The first-order valence-electron chi connectivity index (χ1n) is 5.35. The van der Waals surface area contributed by atoms with Crippen molar-refractivity contribution in [1.82, 2.24) is 20.2 Å². The summed E-state index contributed by atoms with van der Waals surface area (Å²) < 4.78 is 0. The van der Waals surface area contributed by atoms with Crippen molar-refractivity contribution in [2.75, 3.05) is 5.32 Å². The van der Waals surface area contributed by atoms with Crippen LogP contribution in [0, 0.1) is 0 Å². The zero-order chi connectivity index (χ0) is 12.4. The number of nitrogens with one attached hydrogen (secondary N) is 2. The summed E-state index contributed by atoms with van der Waals surface area (Å²) in [6.45, 7) is 0. The zero-order valence-electron chi connectivity index (χ0n) is 9.29. The predicted molar refractivity (Wildman–Crippen MR) is 66.1 cm³/mol. The first-order valence-corrected chi connectivity index (χ1v) is 5.35. The van der Waals surface area contributed by atoms with Gasteiger partial charge in [-0.05, 0) is 23.6 Å². The minimum absolute atomic E-state index is 0.189. The van der Waals surface area contributed by atoms with Crippen molar-refractivity contribution in [3.05, 3.63) is 48.4 Å². The van der Waals surface area contributed by atoms with Crippen molar-refractivity contribution in [2.45, 2.75) is 0 Å². The molecule has 0 fully saturated rings. The molecule has 1 amide bonds. The van der Waals surface area contributed by atoms with Crippen molar-refractivity contribution >= 4 is 22.8 Å². The molecule has 1 aromatic carbocycles. The largest absolute Gasteiger partial charge is 0.361 e. The number of anilines is 1. The third kappa shape index (κ3) is 1.91. The van der Waals surface area contributed by atoms with Gasteiger partial charge in [-0.2, -0.15) is 5.10 Å². The lowest BCUT2D eigenvalue weighted by Gasteiger charge is -2.02. The van der Waals surface area contributed by atoms with E-state index >= 15 is 0 Å². The molecule has 88 valence electrons. The van der Waals surface area contributed by atoms with Crippen molar-refractivity contribution in [3.63, 3.8) is 0 Å². The van der Waals surface area contributed by atoms with E-state index in [1.165, 1.54) is 12.4 Å². The summed E-state index contributed by atoms with van der Waals surface area (Å²) in [4.78, 5) is 18.9. The average molecular weight is 239 g/mol. The molecule has 3 aromatic rings. The number of benzene rings is 1. The molecule has 2 N–H and O–H groups in total. The number of carbonyl (C=O) groups is 1. The zero-order valence-corrected chi connectivity index (χ0v) is 9.29. The van der Waals surface area contributed by atoms with Crippen LogP contribution in [0.4, 0.5) is 5.95 Å². The topological polar surface area (TPSA) is 83.6 Å². The van der Waals surface area contributed by atoms with Gasteiger partial charge in [0, 0.05) is 17.3 Å². The maximum atomic E-state index is 11.9.